The normalized spacial score (nSPS) is 5.22. The summed E-state index contributed by atoms with van der Waals surface area (Å²) in [5, 5.41) is 2.28. The second kappa shape index (κ2) is 15.8. The molecule has 0 aromatic carbocycles. The van der Waals surface area contributed by atoms with E-state index in [0.717, 1.165) is 0 Å². The topological polar surface area (TPSA) is 29.1 Å². The van der Waals surface area contributed by atoms with Crippen LogP contribution in [-0.4, -0.2) is 20.2 Å². The first-order chi connectivity index (χ1) is 3.68. The van der Waals surface area contributed by atoms with Crippen molar-refractivity contribution in [2.24, 2.45) is 0 Å². The fraction of sp³-hybridized carbons (Fsp3) is 0.400. The van der Waals surface area contributed by atoms with Crippen molar-refractivity contribution < 1.29 is 37.5 Å². The summed E-state index contributed by atoms with van der Waals surface area (Å²) in [6.07, 6.45) is 0. The summed E-state index contributed by atoms with van der Waals surface area (Å²) in [6, 6.07) is 0. The zero-order chi connectivity index (χ0) is 6.99. The van der Waals surface area contributed by atoms with Crippen molar-refractivity contribution in [2.45, 2.75) is 6.82 Å². The molecule has 0 aliphatic carbocycles. The largest absolute Gasteiger partial charge is 0.384 e. The molecule has 50 valence electrons. The molecule has 0 aliphatic heterocycles. The van der Waals surface area contributed by atoms with Crippen molar-refractivity contribution in [2.75, 3.05) is 7.05 Å². The van der Waals surface area contributed by atoms with E-state index < -0.39 is 0 Å². The van der Waals surface area contributed by atoms with E-state index in [1.165, 1.54) is 7.05 Å². The average Bonchev–Trinajstić information content (AvgIpc) is 1.69. The van der Waals surface area contributed by atoms with Crippen LogP contribution in [0.15, 0.2) is 0 Å². The summed E-state index contributed by atoms with van der Waals surface area (Å²) >= 11 is 0. The number of carbonyl (C=O) groups excluding carboxylic acids is 1. The molecule has 2 radical (unpaired) electrons. The molecule has 4 heteroatoms. The fourth-order valence-electron chi connectivity index (χ4n) is 0. The second-order valence-electron chi connectivity index (χ2n) is 1.08. The molecule has 0 saturated heterocycles. The van der Waals surface area contributed by atoms with Crippen molar-refractivity contribution in [3.8, 4) is 0 Å². The van der Waals surface area contributed by atoms with E-state index in [1.807, 2.05) is 6.82 Å². The van der Waals surface area contributed by atoms with E-state index in [1.54, 1.807) is 7.28 Å². The van der Waals surface area contributed by atoms with E-state index in [9.17, 15) is 4.79 Å². The number of amides is 1. The Balaban J connectivity index is -0.0000000800. The van der Waals surface area contributed by atoms with Crippen LogP contribution in [0.25, 0.3) is 0 Å². The Hall–Kier alpha value is 0.509. The van der Waals surface area contributed by atoms with Gasteiger partial charge < -0.3 is 23.9 Å². The first-order valence-corrected chi connectivity index (χ1v) is 2.29. The van der Waals surface area contributed by atoms with Crippen LogP contribution in [-0.2, 0) is 37.5 Å². The van der Waals surface area contributed by atoms with Crippen molar-refractivity contribution in [1.82, 2.24) is 5.32 Å². The van der Waals surface area contributed by atoms with Crippen molar-refractivity contribution in [3.63, 3.8) is 0 Å². The van der Waals surface area contributed by atoms with Crippen LogP contribution in [0.4, 0.5) is 0 Å². The maximum absolute atomic E-state index is 9.59. The predicted octanol–water partition coefficient (Wildman–Crippen LogP) is 0.0943. The predicted molar refractivity (Wildman–Crippen MR) is 36.4 cm³/mol. The summed E-state index contributed by atoms with van der Waals surface area (Å²) in [4.78, 5) is 9.59. The maximum Gasteiger partial charge on any atom is 0.0794 e. The van der Waals surface area contributed by atoms with Gasteiger partial charge in [-0.05, 0) is 0 Å². The number of hydrogen-bond donors (Lipinski definition) is 1. The SMILES string of the molecule is [CH2-]C(=O)NC.[CH2-][B]C.[Y]. The molecule has 0 aliphatic rings. The van der Waals surface area contributed by atoms with Gasteiger partial charge in [-0.1, -0.05) is 7.28 Å². The summed E-state index contributed by atoms with van der Waals surface area (Å²) in [5.41, 5.74) is 0. The molecule has 0 heterocycles. The van der Waals surface area contributed by atoms with Gasteiger partial charge in [0.2, 0.25) is 0 Å². The molecule has 1 amide bonds. The van der Waals surface area contributed by atoms with Gasteiger partial charge in [0.25, 0.3) is 0 Å². The van der Waals surface area contributed by atoms with Crippen LogP contribution in [0.1, 0.15) is 0 Å². The number of rotatable bonds is 0. The van der Waals surface area contributed by atoms with Crippen molar-refractivity contribution >= 4 is 13.2 Å². The number of carbonyl (C=O) groups is 1. The summed E-state index contributed by atoms with van der Waals surface area (Å²) in [7, 11) is 3.29. The third kappa shape index (κ3) is 57.3. The second-order valence-corrected chi connectivity index (χ2v) is 1.08. The minimum Gasteiger partial charge on any atom is -0.384 e. The van der Waals surface area contributed by atoms with Crippen molar-refractivity contribution in [3.05, 3.63) is 13.7 Å². The van der Waals surface area contributed by atoms with E-state index >= 15 is 0 Å². The van der Waals surface area contributed by atoms with Gasteiger partial charge in [-0.2, -0.15) is 0 Å². The van der Waals surface area contributed by atoms with Gasteiger partial charge >= 0.3 is 0 Å². The van der Waals surface area contributed by atoms with Crippen LogP contribution in [0.2, 0.25) is 6.82 Å². The van der Waals surface area contributed by atoms with E-state index in [2.05, 4.69) is 19.1 Å². The Morgan fingerprint density at radius 1 is 1.67 bits per heavy atom. The smallest absolute Gasteiger partial charge is 0.0794 e. The third-order valence-electron chi connectivity index (χ3n) is 0.279. The average molecular weight is 201 g/mol. The van der Waals surface area contributed by atoms with E-state index in [0.29, 0.717) is 0 Å². The molecule has 9 heavy (non-hydrogen) atoms. The van der Waals surface area contributed by atoms with Crippen LogP contribution in [0, 0.1) is 13.7 Å². The van der Waals surface area contributed by atoms with Crippen LogP contribution >= 0.6 is 0 Å². The zero-order valence-corrected chi connectivity index (χ0v) is 8.82. The molecule has 2 nitrogen and oxygen atoms in total. The number of hydrogen-bond acceptors (Lipinski definition) is 1. The van der Waals surface area contributed by atoms with Crippen molar-refractivity contribution in [1.29, 1.82) is 0 Å². The molecular formula is C5H11BNOY-2. The summed E-state index contributed by atoms with van der Waals surface area (Å²) < 4.78 is 0. The molecular weight excluding hydrogens is 190 g/mol. The Kier molecular flexibility index (Phi) is 28.5. The minimum absolute atomic E-state index is 0. The number of nitrogens with one attached hydrogen (secondary N) is 1. The minimum atomic E-state index is -0.245. The van der Waals surface area contributed by atoms with Crippen LogP contribution < -0.4 is 5.32 Å². The molecule has 0 unspecified atom stereocenters. The van der Waals surface area contributed by atoms with Gasteiger partial charge in [0, 0.05) is 39.8 Å². The quantitative estimate of drug-likeness (QED) is 0.436. The Morgan fingerprint density at radius 2 is 1.78 bits per heavy atom. The van der Waals surface area contributed by atoms with Gasteiger partial charge in [0.1, 0.15) is 0 Å². The van der Waals surface area contributed by atoms with Gasteiger partial charge in [-0.15, -0.1) is 6.82 Å². The maximum atomic E-state index is 9.59. The fourth-order valence-corrected chi connectivity index (χ4v) is 0. The van der Waals surface area contributed by atoms with E-state index in [4.69, 9.17) is 0 Å². The standard InChI is InChI=1S/C3H6NO.C2H5B.Y/c1-3(5)4-2;1-3-2;/h1H2,2H3,(H,4,5);1H2,2H3;/q2*-1;. The first-order valence-electron chi connectivity index (χ1n) is 2.29. The molecule has 0 aromatic rings. The summed E-state index contributed by atoms with van der Waals surface area (Å²) in [6.45, 7) is 8.26. The van der Waals surface area contributed by atoms with Crippen LogP contribution in [0.3, 0.4) is 0 Å². The van der Waals surface area contributed by atoms with Gasteiger partial charge in [0.05, 0.1) is 5.91 Å². The van der Waals surface area contributed by atoms with Crippen LogP contribution in [0.5, 0.6) is 0 Å². The molecule has 0 bridgehead atoms. The Bertz CT molecular complexity index is 60.9. The molecule has 1 N–H and O–H groups in total. The zero-order valence-electron chi connectivity index (χ0n) is 5.98. The monoisotopic (exact) mass is 201 g/mol. The molecule has 0 fully saturated rings. The first kappa shape index (κ1) is 16.3. The Morgan fingerprint density at radius 3 is 1.78 bits per heavy atom. The molecule has 0 rings (SSSR count). The van der Waals surface area contributed by atoms with E-state index in [-0.39, 0.29) is 38.6 Å². The molecule has 0 aromatic heterocycles. The van der Waals surface area contributed by atoms with Gasteiger partial charge in [0.15, 0.2) is 0 Å². The van der Waals surface area contributed by atoms with Gasteiger partial charge in [-0.25, -0.2) is 0 Å². The molecule has 0 saturated carbocycles. The summed E-state index contributed by atoms with van der Waals surface area (Å²) in [5.74, 6) is -0.245. The third-order valence-corrected chi connectivity index (χ3v) is 0.279. The molecule has 0 atom stereocenters. The Labute approximate surface area is 83.3 Å². The molecule has 0 spiro atoms. The van der Waals surface area contributed by atoms with Gasteiger partial charge in [-0.3, -0.25) is 0 Å².